The number of Topliss-reactive ketones (excluding diaryl/α,β-unsaturated/α-hetero) is 1. The summed E-state index contributed by atoms with van der Waals surface area (Å²) < 4.78 is 0. The molecule has 152 valence electrons. The van der Waals surface area contributed by atoms with Crippen LogP contribution in [-0.4, -0.2) is 5.78 Å². The molecule has 1 nitrogen and oxygen atoms in total. The van der Waals surface area contributed by atoms with Gasteiger partial charge in [-0.05, 0) is 158 Å². The predicted octanol–water partition coefficient (Wildman–Crippen LogP) is 7.60. The molecule has 2 aliphatic rings. The van der Waals surface area contributed by atoms with Gasteiger partial charge in [0.2, 0.25) is 0 Å². The average molecular weight is 395 g/mol. The Hall–Kier alpha value is -2.67. The molecule has 5 rings (SSSR count). The van der Waals surface area contributed by atoms with E-state index in [0.717, 1.165) is 11.1 Å². The first-order valence-electron chi connectivity index (χ1n) is 11.0. The molecule has 0 N–H and O–H groups in total. The molecule has 3 aromatic rings. The summed E-state index contributed by atoms with van der Waals surface area (Å²) in [5.41, 5.74) is 17.8. The van der Waals surface area contributed by atoms with E-state index >= 15 is 0 Å². The third-order valence-electron chi connectivity index (χ3n) is 8.49. The zero-order valence-corrected chi connectivity index (χ0v) is 19.9. The van der Waals surface area contributed by atoms with Crippen molar-refractivity contribution < 1.29 is 4.79 Å². The minimum atomic E-state index is 0.212. The van der Waals surface area contributed by atoms with Crippen LogP contribution in [0.2, 0.25) is 0 Å². The van der Waals surface area contributed by atoms with Crippen LogP contribution in [0.1, 0.15) is 69.5 Å². The maximum absolute atomic E-state index is 13.0. The molecule has 0 unspecified atom stereocenters. The molecule has 0 saturated carbocycles. The molecule has 0 bridgehead atoms. The first-order valence-corrected chi connectivity index (χ1v) is 11.0. The second-order valence-electron chi connectivity index (χ2n) is 9.58. The van der Waals surface area contributed by atoms with Gasteiger partial charge in [0, 0.05) is 11.1 Å². The largest absolute Gasteiger partial charge is 0.289 e. The quantitative estimate of drug-likeness (QED) is 0.359. The lowest BCUT2D eigenvalue weighted by molar-refractivity contribution is -0.111. The van der Waals surface area contributed by atoms with E-state index in [1.54, 1.807) is 0 Å². The Kier molecular flexibility index (Phi) is 3.68. The van der Waals surface area contributed by atoms with Crippen molar-refractivity contribution in [3.8, 4) is 0 Å². The van der Waals surface area contributed by atoms with Crippen molar-refractivity contribution in [3.05, 3.63) is 66.8 Å². The topological polar surface area (TPSA) is 17.1 Å². The lowest BCUT2D eigenvalue weighted by atomic mass is 9.81. The highest BCUT2D eigenvalue weighted by atomic mass is 16.1. The highest BCUT2D eigenvalue weighted by molar-refractivity contribution is 6.40. The molecule has 0 heterocycles. The normalized spacial score (nSPS) is 15.5. The summed E-state index contributed by atoms with van der Waals surface area (Å²) in [5, 5.41) is 5.57. The summed E-state index contributed by atoms with van der Waals surface area (Å²) in [6, 6.07) is 0. The molecular weight excluding hydrogens is 364 g/mol. The summed E-state index contributed by atoms with van der Waals surface area (Å²) in [5.74, 6) is 0.212. The molecule has 0 aromatic heterocycles. The van der Waals surface area contributed by atoms with Crippen LogP contribution in [0.25, 0.3) is 32.7 Å². The lowest BCUT2D eigenvalue weighted by Gasteiger charge is -2.23. The zero-order chi connectivity index (χ0) is 22.0. The molecular formula is C29H30O. The molecule has 2 aliphatic carbocycles. The Labute approximate surface area is 179 Å². The summed E-state index contributed by atoms with van der Waals surface area (Å²) >= 11 is 0. The zero-order valence-electron chi connectivity index (χ0n) is 19.9. The van der Waals surface area contributed by atoms with Crippen molar-refractivity contribution in [2.24, 2.45) is 0 Å². The molecule has 0 spiro atoms. The second kappa shape index (κ2) is 5.72. The van der Waals surface area contributed by atoms with Crippen LogP contribution >= 0.6 is 0 Å². The average Bonchev–Trinajstić information content (AvgIpc) is 3.17. The van der Waals surface area contributed by atoms with Gasteiger partial charge in [0.25, 0.3) is 0 Å². The Morgan fingerprint density at radius 3 is 1.23 bits per heavy atom. The van der Waals surface area contributed by atoms with E-state index in [-0.39, 0.29) is 5.78 Å². The van der Waals surface area contributed by atoms with Crippen molar-refractivity contribution in [1.82, 2.24) is 0 Å². The standard InChI is InChI=1S/C29H30O/c1-11-12(2)15(5)22-21(14(11)4)18(8)25-27-20(10)29(30)19(9)26(27)24-17(7)13(3)16(6)23(22)28(24)25/h1-10H3. The van der Waals surface area contributed by atoms with Crippen molar-refractivity contribution >= 4 is 38.5 Å². The van der Waals surface area contributed by atoms with Crippen LogP contribution in [0.3, 0.4) is 0 Å². The Morgan fingerprint density at radius 2 is 0.733 bits per heavy atom. The van der Waals surface area contributed by atoms with Gasteiger partial charge in [0.15, 0.2) is 5.78 Å². The van der Waals surface area contributed by atoms with Crippen molar-refractivity contribution in [2.75, 3.05) is 0 Å². The van der Waals surface area contributed by atoms with E-state index < -0.39 is 0 Å². The SMILES string of the molecule is CC1=C2C(=C(C)C1=O)c1c(C)c3c(C)c(C)c(C)c(C)c3c3c(C)c(C)c(C)c2c13. The predicted molar refractivity (Wildman–Crippen MR) is 130 cm³/mol. The van der Waals surface area contributed by atoms with Crippen molar-refractivity contribution in [1.29, 1.82) is 0 Å². The molecule has 1 heteroatoms. The smallest absolute Gasteiger partial charge is 0.185 e. The fourth-order valence-electron chi connectivity index (χ4n) is 6.26. The van der Waals surface area contributed by atoms with Crippen LogP contribution in [0, 0.1) is 55.4 Å². The van der Waals surface area contributed by atoms with Crippen LogP contribution in [0.4, 0.5) is 0 Å². The number of benzene rings is 3. The highest BCUT2D eigenvalue weighted by Gasteiger charge is 2.39. The third kappa shape index (κ3) is 1.88. The summed E-state index contributed by atoms with van der Waals surface area (Å²) in [7, 11) is 0. The molecule has 30 heavy (non-hydrogen) atoms. The summed E-state index contributed by atoms with van der Waals surface area (Å²) in [6.45, 7) is 22.1. The summed E-state index contributed by atoms with van der Waals surface area (Å²) in [4.78, 5) is 13.0. The van der Waals surface area contributed by atoms with E-state index in [2.05, 4.69) is 55.4 Å². The van der Waals surface area contributed by atoms with E-state index in [9.17, 15) is 4.79 Å². The third-order valence-corrected chi connectivity index (χ3v) is 8.49. The van der Waals surface area contributed by atoms with Gasteiger partial charge >= 0.3 is 0 Å². The first kappa shape index (κ1) is 19.3. The fourth-order valence-corrected chi connectivity index (χ4v) is 6.26. The number of aryl methyl sites for hydroxylation is 4. The van der Waals surface area contributed by atoms with Crippen LogP contribution in [0.15, 0.2) is 11.1 Å². The van der Waals surface area contributed by atoms with E-state index in [0.29, 0.717) is 0 Å². The van der Waals surface area contributed by atoms with E-state index in [1.807, 2.05) is 13.8 Å². The number of allylic oxidation sites excluding steroid dienone is 4. The summed E-state index contributed by atoms with van der Waals surface area (Å²) in [6.07, 6.45) is 0. The van der Waals surface area contributed by atoms with Gasteiger partial charge in [-0.3, -0.25) is 4.79 Å². The van der Waals surface area contributed by atoms with Crippen molar-refractivity contribution in [3.63, 3.8) is 0 Å². The number of carbonyl (C=O) groups excluding carboxylic acids is 1. The molecule has 0 amide bonds. The number of carbonyl (C=O) groups is 1. The lowest BCUT2D eigenvalue weighted by Crippen LogP contribution is -2.03. The van der Waals surface area contributed by atoms with Gasteiger partial charge in [-0.1, -0.05) is 0 Å². The van der Waals surface area contributed by atoms with E-state index in [4.69, 9.17) is 0 Å². The van der Waals surface area contributed by atoms with Gasteiger partial charge in [-0.15, -0.1) is 0 Å². The van der Waals surface area contributed by atoms with Crippen LogP contribution < -0.4 is 0 Å². The maximum Gasteiger partial charge on any atom is 0.185 e. The number of fused-ring (bicyclic) bond motifs is 5. The van der Waals surface area contributed by atoms with Gasteiger partial charge in [0.1, 0.15) is 0 Å². The van der Waals surface area contributed by atoms with Crippen molar-refractivity contribution in [2.45, 2.75) is 69.2 Å². The molecule has 0 atom stereocenters. The highest BCUT2D eigenvalue weighted by Crippen LogP contribution is 2.57. The number of hydrogen-bond acceptors (Lipinski definition) is 1. The Bertz CT molecular complexity index is 1470. The maximum atomic E-state index is 13.0. The molecule has 0 aliphatic heterocycles. The second-order valence-corrected chi connectivity index (χ2v) is 9.58. The number of hydrogen-bond donors (Lipinski definition) is 0. The Morgan fingerprint density at radius 1 is 0.367 bits per heavy atom. The monoisotopic (exact) mass is 394 g/mol. The molecule has 0 radical (unpaired) electrons. The number of ketones is 1. The molecule has 0 saturated heterocycles. The minimum absolute atomic E-state index is 0.212. The van der Waals surface area contributed by atoms with Gasteiger partial charge in [-0.25, -0.2) is 0 Å². The van der Waals surface area contributed by atoms with Gasteiger partial charge in [0.05, 0.1) is 0 Å². The molecule has 3 aromatic carbocycles. The first-order chi connectivity index (χ1) is 14.0. The van der Waals surface area contributed by atoms with E-state index in [1.165, 1.54) is 88.3 Å². The molecule has 0 fully saturated rings. The minimum Gasteiger partial charge on any atom is -0.289 e. The van der Waals surface area contributed by atoms with Crippen LogP contribution in [-0.2, 0) is 4.79 Å². The fraction of sp³-hybridized carbons (Fsp3) is 0.345. The van der Waals surface area contributed by atoms with Crippen LogP contribution in [0.5, 0.6) is 0 Å². The Balaban J connectivity index is 2.25. The number of rotatable bonds is 0. The van der Waals surface area contributed by atoms with Gasteiger partial charge in [-0.2, -0.15) is 0 Å². The van der Waals surface area contributed by atoms with Gasteiger partial charge < -0.3 is 0 Å².